The van der Waals surface area contributed by atoms with Gasteiger partial charge in [-0.15, -0.1) is 0 Å². The monoisotopic (exact) mass is 496 g/mol. The third kappa shape index (κ3) is 5.13. The fraction of sp³-hybridized carbons (Fsp3) is 0.351. The molecule has 0 nitrogen and oxygen atoms in total. The topological polar surface area (TPSA) is 0 Å². The van der Waals surface area contributed by atoms with Crippen LogP contribution in [0.25, 0.3) is 11.1 Å². The number of rotatable bonds is 12. The Balaban J connectivity index is 1.59. The predicted molar refractivity (Wildman–Crippen MR) is 165 cm³/mol. The number of benzene rings is 4. The molecule has 0 aliphatic heterocycles. The van der Waals surface area contributed by atoms with E-state index in [-0.39, 0.29) is 5.41 Å². The van der Waals surface area contributed by atoms with Crippen molar-refractivity contribution in [2.24, 2.45) is 0 Å². The Bertz CT molecular complexity index is 1270. The van der Waals surface area contributed by atoms with Gasteiger partial charge in [0.15, 0.2) is 0 Å². The lowest BCUT2D eigenvalue weighted by Crippen LogP contribution is -2.29. The van der Waals surface area contributed by atoms with Crippen LogP contribution in [0.1, 0.15) is 98.6 Å². The van der Waals surface area contributed by atoms with Crippen molar-refractivity contribution in [2.45, 2.75) is 83.5 Å². The summed E-state index contributed by atoms with van der Waals surface area (Å²) in [6.07, 6.45) is 12.7. The summed E-state index contributed by atoms with van der Waals surface area (Å²) in [5.74, 6) is 0. The van der Waals surface area contributed by atoms with Gasteiger partial charge in [-0.2, -0.15) is 0 Å². The second kappa shape index (κ2) is 12.2. The molecular weight excluding hydrogens is 455 g/mol. The molecule has 1 aliphatic rings. The minimum absolute atomic E-state index is 0.372. The normalized spacial score (nSPS) is 13.3. The van der Waals surface area contributed by atoms with E-state index in [2.05, 4.69) is 98.8 Å². The number of aryl methyl sites for hydroxylation is 2. The van der Waals surface area contributed by atoms with Gasteiger partial charge in [-0.3, -0.25) is 0 Å². The molecule has 0 saturated heterocycles. The van der Waals surface area contributed by atoms with E-state index in [0.29, 0.717) is 0 Å². The van der Waals surface area contributed by atoms with Gasteiger partial charge < -0.3 is 0 Å². The highest BCUT2D eigenvalue weighted by Crippen LogP contribution is 2.55. The van der Waals surface area contributed by atoms with Crippen LogP contribution in [0.5, 0.6) is 0 Å². The van der Waals surface area contributed by atoms with Crippen molar-refractivity contribution in [3.8, 4) is 11.1 Å². The van der Waals surface area contributed by atoms with Crippen LogP contribution in [-0.2, 0) is 18.3 Å². The van der Waals surface area contributed by atoms with Crippen molar-refractivity contribution in [1.82, 2.24) is 0 Å². The predicted octanol–water partition coefficient (Wildman–Crippen LogP) is 9.09. The Morgan fingerprint density at radius 3 is 1.61 bits per heavy atom. The largest absolute Gasteiger partial charge is 0.113 e. The number of unbranched alkanes of at least 4 members (excludes halogenated alkanes) is 6. The Kier molecular flexibility index (Phi) is 8.53. The molecule has 38 heavy (non-hydrogen) atoms. The highest BCUT2D eigenvalue weighted by molar-refractivity contribution is 6.32. The molecule has 0 spiro atoms. The first-order valence-electron chi connectivity index (χ1n) is 14.9. The summed E-state index contributed by atoms with van der Waals surface area (Å²) in [4.78, 5) is 0. The number of hydrogen-bond acceptors (Lipinski definition) is 0. The lowest BCUT2D eigenvalue weighted by atomic mass is 9.67. The second-order valence-electron chi connectivity index (χ2n) is 11.1. The molecule has 2 radical (unpaired) electrons. The van der Waals surface area contributed by atoms with E-state index in [1.807, 2.05) is 6.07 Å². The maximum Gasteiger partial charge on any atom is 0.113 e. The molecule has 0 amide bonds. The van der Waals surface area contributed by atoms with Gasteiger partial charge in [0.2, 0.25) is 0 Å². The number of fused-ring (bicyclic) bond motifs is 3. The smallest absolute Gasteiger partial charge is 0.0963 e. The van der Waals surface area contributed by atoms with Crippen LogP contribution in [0.15, 0.2) is 91.0 Å². The molecule has 192 valence electrons. The van der Waals surface area contributed by atoms with Crippen LogP contribution in [0.3, 0.4) is 0 Å². The zero-order chi connectivity index (χ0) is 26.4. The Labute approximate surface area is 231 Å². The molecule has 4 aromatic carbocycles. The Hall–Kier alpha value is -3.06. The minimum atomic E-state index is -0.372. The van der Waals surface area contributed by atoms with Gasteiger partial charge in [-0.1, -0.05) is 149 Å². The molecule has 4 aromatic rings. The van der Waals surface area contributed by atoms with Crippen LogP contribution in [0.4, 0.5) is 0 Å². The van der Waals surface area contributed by atoms with E-state index in [1.54, 1.807) is 0 Å². The molecule has 0 aromatic heterocycles. The summed E-state index contributed by atoms with van der Waals surface area (Å²) < 4.78 is 0. The maximum atomic E-state index is 6.45. The third-order valence-corrected chi connectivity index (χ3v) is 8.48. The molecule has 0 atom stereocenters. The highest BCUT2D eigenvalue weighted by Gasteiger charge is 2.45. The highest BCUT2D eigenvalue weighted by atomic mass is 14.5. The Morgan fingerprint density at radius 1 is 0.526 bits per heavy atom. The van der Waals surface area contributed by atoms with E-state index in [9.17, 15) is 0 Å². The Morgan fingerprint density at radius 2 is 1.05 bits per heavy atom. The van der Waals surface area contributed by atoms with Crippen molar-refractivity contribution in [3.05, 3.63) is 124 Å². The van der Waals surface area contributed by atoms with Crippen LogP contribution in [0, 0.1) is 0 Å². The van der Waals surface area contributed by atoms with E-state index >= 15 is 0 Å². The molecule has 0 unspecified atom stereocenters. The number of hydrogen-bond donors (Lipinski definition) is 0. The van der Waals surface area contributed by atoms with Crippen molar-refractivity contribution in [3.63, 3.8) is 0 Å². The average molecular weight is 497 g/mol. The van der Waals surface area contributed by atoms with Gasteiger partial charge in [0.25, 0.3) is 0 Å². The molecular formula is C37H41B. The first kappa shape index (κ1) is 26.5. The fourth-order valence-electron chi connectivity index (χ4n) is 6.44. The fourth-order valence-corrected chi connectivity index (χ4v) is 6.44. The second-order valence-corrected chi connectivity index (χ2v) is 11.1. The first-order valence-corrected chi connectivity index (χ1v) is 14.9. The molecule has 0 saturated carbocycles. The van der Waals surface area contributed by atoms with Crippen LogP contribution in [0.2, 0.25) is 0 Å². The standard InChI is InChI=1S/C37H41B/c1-3-5-7-9-13-28-17-21-30(22-18-28)37(31-23-19-29(20-24-31)14-10-8-6-4-2)35-16-12-11-15-33(35)34-26-25-32(38)27-36(34)37/h11-12,15-27H,3-10,13-14H2,1-2H3. The van der Waals surface area contributed by atoms with E-state index in [1.165, 1.54) is 95.9 Å². The van der Waals surface area contributed by atoms with Gasteiger partial charge in [-0.05, 0) is 70.2 Å². The zero-order valence-electron chi connectivity index (χ0n) is 23.3. The van der Waals surface area contributed by atoms with Gasteiger partial charge in [0, 0.05) is 0 Å². The van der Waals surface area contributed by atoms with Crippen LogP contribution >= 0.6 is 0 Å². The minimum Gasteiger partial charge on any atom is -0.0963 e. The molecule has 0 fully saturated rings. The van der Waals surface area contributed by atoms with Crippen LogP contribution in [-0.4, -0.2) is 7.85 Å². The molecule has 5 rings (SSSR count). The molecule has 1 heteroatoms. The van der Waals surface area contributed by atoms with Crippen molar-refractivity contribution < 1.29 is 0 Å². The summed E-state index contributed by atoms with van der Waals surface area (Å²) in [6.45, 7) is 4.55. The molecule has 1 aliphatic carbocycles. The van der Waals surface area contributed by atoms with E-state index in [4.69, 9.17) is 7.85 Å². The lowest BCUT2D eigenvalue weighted by Gasteiger charge is -2.34. The molecule has 0 N–H and O–H groups in total. The third-order valence-electron chi connectivity index (χ3n) is 8.48. The molecule has 0 bridgehead atoms. The van der Waals surface area contributed by atoms with Crippen LogP contribution < -0.4 is 5.46 Å². The lowest BCUT2D eigenvalue weighted by molar-refractivity contribution is 0.666. The molecule has 0 heterocycles. The summed E-state index contributed by atoms with van der Waals surface area (Å²) in [6, 6.07) is 34.4. The van der Waals surface area contributed by atoms with Gasteiger partial charge in [-0.25, -0.2) is 0 Å². The quantitative estimate of drug-likeness (QED) is 0.119. The summed E-state index contributed by atoms with van der Waals surface area (Å²) in [5, 5.41) is 0. The zero-order valence-corrected chi connectivity index (χ0v) is 23.3. The summed E-state index contributed by atoms with van der Waals surface area (Å²) in [5.41, 5.74) is 11.2. The average Bonchev–Trinajstić information content (AvgIpc) is 3.24. The van der Waals surface area contributed by atoms with E-state index < -0.39 is 0 Å². The summed E-state index contributed by atoms with van der Waals surface area (Å²) in [7, 11) is 6.45. The van der Waals surface area contributed by atoms with Gasteiger partial charge in [0.05, 0.1) is 5.41 Å². The van der Waals surface area contributed by atoms with Crippen molar-refractivity contribution >= 4 is 13.3 Å². The van der Waals surface area contributed by atoms with Crippen molar-refractivity contribution in [1.29, 1.82) is 0 Å². The van der Waals surface area contributed by atoms with E-state index in [0.717, 1.165) is 18.3 Å². The first-order chi connectivity index (χ1) is 18.7. The van der Waals surface area contributed by atoms with Gasteiger partial charge >= 0.3 is 0 Å². The van der Waals surface area contributed by atoms with Crippen molar-refractivity contribution in [2.75, 3.05) is 0 Å². The SMILES string of the molecule is [B]c1ccc2c(c1)C(c1ccc(CCCCCC)cc1)(c1ccc(CCCCCC)cc1)c1ccccc1-2. The van der Waals surface area contributed by atoms with Gasteiger partial charge in [0.1, 0.15) is 7.85 Å². The maximum absolute atomic E-state index is 6.45. The summed E-state index contributed by atoms with van der Waals surface area (Å²) >= 11 is 0.